The number of benzene rings is 1. The predicted molar refractivity (Wildman–Crippen MR) is 75.2 cm³/mol. The smallest absolute Gasteiger partial charge is 0.134 e. The Hall–Kier alpha value is -1.78. The zero-order chi connectivity index (χ0) is 13.6. The van der Waals surface area contributed by atoms with Crippen LogP contribution in [0.3, 0.4) is 0 Å². The maximum Gasteiger partial charge on any atom is 0.134 e. The van der Waals surface area contributed by atoms with Gasteiger partial charge in [-0.1, -0.05) is 11.6 Å². The zero-order valence-electron chi connectivity index (χ0n) is 10.7. The molecule has 3 aromatic rings. The number of hydrogen-bond donors (Lipinski definition) is 1. The minimum Gasteiger partial charge on any atom is -0.459 e. The first-order valence-corrected chi connectivity index (χ1v) is 6.36. The molecule has 0 aliphatic heterocycles. The maximum atomic E-state index is 6.25. The molecule has 3 rings (SSSR count). The number of aryl methyl sites for hydroxylation is 2. The van der Waals surface area contributed by atoms with E-state index in [1.54, 1.807) is 10.9 Å². The van der Waals surface area contributed by atoms with Gasteiger partial charge in [0, 0.05) is 34.8 Å². The van der Waals surface area contributed by atoms with Gasteiger partial charge in [0.2, 0.25) is 0 Å². The second-order valence-electron chi connectivity index (χ2n) is 4.66. The molecule has 0 spiro atoms. The number of rotatable bonds is 2. The van der Waals surface area contributed by atoms with Crippen LogP contribution in [0.25, 0.3) is 11.0 Å². The lowest BCUT2D eigenvalue weighted by Gasteiger charge is -2.06. The lowest BCUT2D eigenvalue weighted by molar-refractivity contribution is 0.521. The van der Waals surface area contributed by atoms with Crippen molar-refractivity contribution in [3.63, 3.8) is 0 Å². The van der Waals surface area contributed by atoms with E-state index in [0.29, 0.717) is 5.02 Å². The van der Waals surface area contributed by atoms with E-state index in [1.807, 2.05) is 38.4 Å². The van der Waals surface area contributed by atoms with Gasteiger partial charge < -0.3 is 10.2 Å². The van der Waals surface area contributed by atoms with E-state index in [0.717, 1.165) is 27.9 Å². The van der Waals surface area contributed by atoms with Crippen LogP contribution in [-0.2, 0) is 7.05 Å². The second-order valence-corrected chi connectivity index (χ2v) is 5.09. The molecule has 98 valence electrons. The lowest BCUT2D eigenvalue weighted by Crippen LogP contribution is -2.11. The van der Waals surface area contributed by atoms with Gasteiger partial charge >= 0.3 is 0 Å². The van der Waals surface area contributed by atoms with Crippen LogP contribution in [0.4, 0.5) is 0 Å². The summed E-state index contributed by atoms with van der Waals surface area (Å²) in [6, 6.07) is 5.26. The summed E-state index contributed by atoms with van der Waals surface area (Å²) in [6.07, 6.45) is 3.65. The van der Waals surface area contributed by atoms with Gasteiger partial charge in [0.05, 0.1) is 12.2 Å². The van der Waals surface area contributed by atoms with E-state index in [-0.39, 0.29) is 6.04 Å². The van der Waals surface area contributed by atoms with E-state index >= 15 is 0 Å². The molecular formula is C14H14ClN3O. The zero-order valence-corrected chi connectivity index (χ0v) is 11.5. The second kappa shape index (κ2) is 4.40. The van der Waals surface area contributed by atoms with Crippen LogP contribution in [0.1, 0.15) is 22.9 Å². The molecule has 1 atom stereocenters. The molecular weight excluding hydrogens is 262 g/mol. The van der Waals surface area contributed by atoms with Crippen molar-refractivity contribution in [2.75, 3.05) is 0 Å². The minimum atomic E-state index is -0.320. The third-order valence-electron chi connectivity index (χ3n) is 3.30. The van der Waals surface area contributed by atoms with Crippen molar-refractivity contribution < 1.29 is 4.42 Å². The van der Waals surface area contributed by atoms with Crippen molar-refractivity contribution in [3.8, 4) is 0 Å². The van der Waals surface area contributed by atoms with Crippen LogP contribution in [0, 0.1) is 6.92 Å². The van der Waals surface area contributed by atoms with Crippen molar-refractivity contribution in [3.05, 3.63) is 52.5 Å². The molecule has 0 fully saturated rings. The number of hydrogen-bond acceptors (Lipinski definition) is 3. The summed E-state index contributed by atoms with van der Waals surface area (Å²) in [5, 5.41) is 5.83. The largest absolute Gasteiger partial charge is 0.459 e. The summed E-state index contributed by atoms with van der Waals surface area (Å²) in [6.45, 7) is 1.99. The minimum absolute atomic E-state index is 0.320. The monoisotopic (exact) mass is 275 g/mol. The highest BCUT2D eigenvalue weighted by Crippen LogP contribution is 2.32. The molecule has 0 aliphatic carbocycles. The average Bonchev–Trinajstić information content (AvgIpc) is 2.94. The molecule has 4 nitrogen and oxygen atoms in total. The van der Waals surface area contributed by atoms with Crippen LogP contribution in [-0.4, -0.2) is 9.78 Å². The van der Waals surface area contributed by atoms with Crippen molar-refractivity contribution in [2.45, 2.75) is 13.0 Å². The van der Waals surface area contributed by atoms with E-state index in [2.05, 4.69) is 5.10 Å². The molecule has 0 saturated carbocycles. The van der Waals surface area contributed by atoms with Crippen LogP contribution < -0.4 is 5.73 Å². The molecule has 0 amide bonds. The third kappa shape index (κ3) is 2.03. The molecule has 2 N–H and O–H groups in total. The van der Waals surface area contributed by atoms with Crippen molar-refractivity contribution in [1.29, 1.82) is 0 Å². The summed E-state index contributed by atoms with van der Waals surface area (Å²) in [7, 11) is 1.86. The molecule has 1 aromatic carbocycles. The van der Waals surface area contributed by atoms with Crippen LogP contribution in [0.2, 0.25) is 5.02 Å². The molecule has 2 aromatic heterocycles. The Morgan fingerprint density at radius 3 is 2.89 bits per heavy atom. The Bertz CT molecular complexity index is 744. The molecule has 0 aliphatic rings. The SMILES string of the molecule is Cc1c(C(N)c2cnn(C)c2)oc2ccc(Cl)cc12. The van der Waals surface area contributed by atoms with Gasteiger partial charge in [-0.3, -0.25) is 4.68 Å². The van der Waals surface area contributed by atoms with E-state index in [9.17, 15) is 0 Å². The number of nitrogens with zero attached hydrogens (tertiary/aromatic N) is 2. The number of furan rings is 1. The third-order valence-corrected chi connectivity index (χ3v) is 3.54. The molecule has 5 heteroatoms. The van der Waals surface area contributed by atoms with Crippen LogP contribution in [0.5, 0.6) is 0 Å². The Morgan fingerprint density at radius 2 is 2.21 bits per heavy atom. The van der Waals surface area contributed by atoms with Gasteiger partial charge in [-0.25, -0.2) is 0 Å². The van der Waals surface area contributed by atoms with E-state index < -0.39 is 0 Å². The Labute approximate surface area is 115 Å². The highest BCUT2D eigenvalue weighted by Gasteiger charge is 2.19. The quantitative estimate of drug-likeness (QED) is 0.781. The highest BCUT2D eigenvalue weighted by molar-refractivity contribution is 6.31. The maximum absolute atomic E-state index is 6.25. The van der Waals surface area contributed by atoms with Crippen LogP contribution in [0.15, 0.2) is 35.0 Å². The fourth-order valence-electron chi connectivity index (χ4n) is 2.26. The van der Waals surface area contributed by atoms with Crippen molar-refractivity contribution >= 4 is 22.6 Å². The van der Waals surface area contributed by atoms with Gasteiger partial charge in [-0.2, -0.15) is 5.10 Å². The molecule has 0 radical (unpaired) electrons. The summed E-state index contributed by atoms with van der Waals surface area (Å²) < 4.78 is 7.58. The predicted octanol–water partition coefficient (Wildman–Crippen LogP) is 3.18. The van der Waals surface area contributed by atoms with Crippen molar-refractivity contribution in [2.24, 2.45) is 12.8 Å². The normalized spacial score (nSPS) is 13.1. The Kier molecular flexibility index (Phi) is 2.84. The average molecular weight is 276 g/mol. The molecule has 1 unspecified atom stereocenters. The standard InChI is InChI=1S/C14H14ClN3O/c1-8-11-5-10(15)3-4-12(11)19-14(8)13(16)9-6-17-18(2)7-9/h3-7,13H,16H2,1-2H3. The number of nitrogens with two attached hydrogens (primary N) is 1. The first-order valence-electron chi connectivity index (χ1n) is 5.99. The number of fused-ring (bicyclic) bond motifs is 1. The lowest BCUT2D eigenvalue weighted by atomic mass is 10.0. The van der Waals surface area contributed by atoms with E-state index in [4.69, 9.17) is 21.8 Å². The van der Waals surface area contributed by atoms with Gasteiger partial charge in [-0.15, -0.1) is 0 Å². The number of halogens is 1. The summed E-state index contributed by atoms with van der Waals surface area (Å²) in [5.41, 5.74) is 9.00. The Balaban J connectivity index is 2.12. The molecule has 0 bridgehead atoms. The fraction of sp³-hybridized carbons (Fsp3) is 0.214. The first-order chi connectivity index (χ1) is 9.06. The first kappa shape index (κ1) is 12.3. The topological polar surface area (TPSA) is 57.0 Å². The summed E-state index contributed by atoms with van der Waals surface area (Å²) >= 11 is 6.01. The highest BCUT2D eigenvalue weighted by atomic mass is 35.5. The molecule has 2 heterocycles. The van der Waals surface area contributed by atoms with Gasteiger partial charge in [0.25, 0.3) is 0 Å². The fourth-order valence-corrected chi connectivity index (χ4v) is 2.43. The van der Waals surface area contributed by atoms with Gasteiger partial charge in [-0.05, 0) is 25.1 Å². The van der Waals surface area contributed by atoms with Crippen molar-refractivity contribution in [1.82, 2.24) is 9.78 Å². The van der Waals surface area contributed by atoms with Gasteiger partial charge in [0.1, 0.15) is 11.3 Å². The van der Waals surface area contributed by atoms with Gasteiger partial charge in [0.15, 0.2) is 0 Å². The van der Waals surface area contributed by atoms with E-state index in [1.165, 1.54) is 0 Å². The molecule has 19 heavy (non-hydrogen) atoms. The summed E-state index contributed by atoms with van der Waals surface area (Å²) in [5.74, 6) is 0.755. The summed E-state index contributed by atoms with van der Waals surface area (Å²) in [4.78, 5) is 0. The molecule has 0 saturated heterocycles. The van der Waals surface area contributed by atoms with Crippen LogP contribution >= 0.6 is 11.6 Å². The Morgan fingerprint density at radius 1 is 1.42 bits per heavy atom. The number of aromatic nitrogens is 2.